The van der Waals surface area contributed by atoms with Crippen molar-refractivity contribution in [3.8, 4) is 0 Å². The molecule has 0 unspecified atom stereocenters. The maximum absolute atomic E-state index is 12.8. The molecule has 71 heavy (non-hydrogen) atoms. The third kappa shape index (κ3) is 57.4. The van der Waals surface area contributed by atoms with Crippen LogP contribution in [0.25, 0.3) is 0 Å². The summed E-state index contributed by atoms with van der Waals surface area (Å²) in [6, 6.07) is 0. The van der Waals surface area contributed by atoms with Gasteiger partial charge in [-0.2, -0.15) is 0 Å². The Kier molecular flexibility index (Phi) is 56.3. The Morgan fingerprint density at radius 2 is 0.577 bits per heavy atom. The molecule has 0 N–H and O–H groups in total. The fourth-order valence-electron chi connectivity index (χ4n) is 8.41. The summed E-state index contributed by atoms with van der Waals surface area (Å²) in [5.74, 6) is -0.981. The van der Waals surface area contributed by atoms with Gasteiger partial charge in [0.2, 0.25) is 0 Å². The highest BCUT2D eigenvalue weighted by atomic mass is 16.6. The first-order chi connectivity index (χ1) is 35.0. The summed E-state index contributed by atoms with van der Waals surface area (Å²) in [7, 11) is 0. The first-order valence-electron chi connectivity index (χ1n) is 30.1. The van der Waals surface area contributed by atoms with Crippen LogP contribution in [0, 0.1) is 0 Å². The molecule has 0 radical (unpaired) electrons. The van der Waals surface area contributed by atoms with Crippen LogP contribution in [0.5, 0.6) is 0 Å². The van der Waals surface area contributed by atoms with Gasteiger partial charge in [-0.1, -0.05) is 273 Å². The maximum atomic E-state index is 12.8. The summed E-state index contributed by atoms with van der Waals surface area (Å²) in [5, 5.41) is 0. The second kappa shape index (κ2) is 59.2. The summed E-state index contributed by atoms with van der Waals surface area (Å²) < 4.78 is 16.8. The predicted octanol–water partition coefficient (Wildman–Crippen LogP) is 20.3. The van der Waals surface area contributed by atoms with Gasteiger partial charge in [-0.25, -0.2) is 0 Å². The lowest BCUT2D eigenvalue weighted by atomic mass is 10.0. The van der Waals surface area contributed by atoms with Gasteiger partial charge in [0, 0.05) is 19.3 Å². The lowest BCUT2D eigenvalue weighted by Crippen LogP contribution is -2.30. The molecular weight excluding hydrogens is 877 g/mol. The van der Waals surface area contributed by atoms with E-state index in [0.717, 1.165) is 77.0 Å². The van der Waals surface area contributed by atoms with Crippen LogP contribution in [0.2, 0.25) is 0 Å². The average Bonchev–Trinajstić information content (AvgIpc) is 3.37. The quantitative estimate of drug-likeness (QED) is 0.0261. The van der Waals surface area contributed by atoms with E-state index in [4.69, 9.17) is 14.2 Å². The standard InChI is InChI=1S/C65H112O6/c1-4-7-10-13-16-19-22-25-28-30-32-34-37-40-43-46-49-52-55-58-64(67)70-61-62(60-69-63(66)57-54-51-48-45-42-39-36-27-24-21-18-15-12-9-6-3)71-65(68)59-56-53-50-47-44-41-38-35-33-31-29-26-23-20-17-14-11-8-5-2/h8,11,17,20,25-26,28-29,33,35,41,44,50,53,62H,4-7,9-10,12-16,18-19,21-24,27,30-32,34,36-40,42-43,45-49,51-52,54-61H2,1-3H3/b11-8-,20-17-,28-25-,29-26-,35-33-,44-41-,53-50-/t62-/m0/s1. The van der Waals surface area contributed by atoms with Gasteiger partial charge in [-0.05, 0) is 83.5 Å². The Hall–Kier alpha value is -3.41. The van der Waals surface area contributed by atoms with Gasteiger partial charge >= 0.3 is 17.9 Å². The first-order valence-corrected chi connectivity index (χ1v) is 30.1. The molecule has 0 aliphatic carbocycles. The molecule has 0 aromatic heterocycles. The molecule has 0 rings (SSSR count). The smallest absolute Gasteiger partial charge is 0.306 e. The number of esters is 3. The van der Waals surface area contributed by atoms with E-state index in [1.54, 1.807) is 0 Å². The van der Waals surface area contributed by atoms with E-state index in [2.05, 4.69) is 99.8 Å². The molecule has 0 amide bonds. The van der Waals surface area contributed by atoms with Crippen molar-refractivity contribution in [1.82, 2.24) is 0 Å². The number of carbonyl (C=O) groups excluding carboxylic acids is 3. The normalized spacial score (nSPS) is 12.7. The average molecular weight is 990 g/mol. The van der Waals surface area contributed by atoms with Gasteiger partial charge in [0.05, 0.1) is 0 Å². The summed E-state index contributed by atoms with van der Waals surface area (Å²) >= 11 is 0. The van der Waals surface area contributed by atoms with Gasteiger partial charge in [-0.3, -0.25) is 14.4 Å². The molecule has 6 nitrogen and oxygen atoms in total. The number of hydrogen-bond acceptors (Lipinski definition) is 6. The Morgan fingerprint density at radius 3 is 0.915 bits per heavy atom. The minimum atomic E-state index is -0.817. The molecule has 0 spiro atoms. The molecule has 0 aromatic rings. The van der Waals surface area contributed by atoms with Gasteiger partial charge in [0.25, 0.3) is 0 Å². The van der Waals surface area contributed by atoms with E-state index in [-0.39, 0.29) is 37.5 Å². The summed E-state index contributed by atoms with van der Waals surface area (Å²) in [5.41, 5.74) is 0. The van der Waals surface area contributed by atoms with Crippen LogP contribution in [0.3, 0.4) is 0 Å². The predicted molar refractivity (Wildman–Crippen MR) is 307 cm³/mol. The summed E-state index contributed by atoms with van der Waals surface area (Å²) in [4.78, 5) is 38.2. The molecule has 0 fully saturated rings. The number of ether oxygens (including phenoxy) is 3. The van der Waals surface area contributed by atoms with E-state index < -0.39 is 6.10 Å². The van der Waals surface area contributed by atoms with Gasteiger partial charge in [0.15, 0.2) is 6.10 Å². The van der Waals surface area contributed by atoms with Gasteiger partial charge in [-0.15, -0.1) is 0 Å². The number of hydrogen-bond donors (Lipinski definition) is 0. The zero-order valence-corrected chi connectivity index (χ0v) is 46.7. The maximum Gasteiger partial charge on any atom is 0.306 e. The van der Waals surface area contributed by atoms with Crippen LogP contribution in [0.4, 0.5) is 0 Å². The molecule has 0 aliphatic rings. The molecule has 0 aliphatic heterocycles. The van der Waals surface area contributed by atoms with Gasteiger partial charge < -0.3 is 14.2 Å². The molecule has 408 valence electrons. The zero-order chi connectivity index (χ0) is 51.4. The topological polar surface area (TPSA) is 78.9 Å². The largest absolute Gasteiger partial charge is 0.462 e. The van der Waals surface area contributed by atoms with Crippen molar-refractivity contribution in [2.24, 2.45) is 0 Å². The lowest BCUT2D eigenvalue weighted by molar-refractivity contribution is -0.166. The Labute approximate surface area is 439 Å². The van der Waals surface area contributed by atoms with Crippen molar-refractivity contribution < 1.29 is 28.6 Å². The second-order valence-corrected chi connectivity index (χ2v) is 19.9. The monoisotopic (exact) mass is 989 g/mol. The van der Waals surface area contributed by atoms with E-state index in [1.165, 1.54) is 167 Å². The van der Waals surface area contributed by atoms with E-state index in [0.29, 0.717) is 19.3 Å². The SMILES string of the molecule is CC/C=C\C/C=C\C/C=C\C/C=C\C/C=C\C/C=C\CCC(=O)O[C@H](COC(=O)CCCCCCCCCCC/C=C\CCCCCCCC)COC(=O)CCCCCCCCCCCCCCCCC. The molecule has 0 saturated heterocycles. The van der Waals surface area contributed by atoms with Crippen molar-refractivity contribution in [3.05, 3.63) is 85.1 Å². The van der Waals surface area contributed by atoms with Crippen LogP contribution in [-0.4, -0.2) is 37.2 Å². The molecule has 0 aromatic carbocycles. The van der Waals surface area contributed by atoms with Crippen molar-refractivity contribution >= 4 is 17.9 Å². The number of rotatable bonds is 54. The van der Waals surface area contributed by atoms with Crippen molar-refractivity contribution in [1.29, 1.82) is 0 Å². The van der Waals surface area contributed by atoms with Crippen molar-refractivity contribution in [2.45, 2.75) is 297 Å². The van der Waals surface area contributed by atoms with Crippen LogP contribution >= 0.6 is 0 Å². The third-order valence-corrected chi connectivity index (χ3v) is 12.9. The highest BCUT2D eigenvalue weighted by Crippen LogP contribution is 2.16. The van der Waals surface area contributed by atoms with E-state index >= 15 is 0 Å². The van der Waals surface area contributed by atoms with Crippen LogP contribution in [-0.2, 0) is 28.6 Å². The second-order valence-electron chi connectivity index (χ2n) is 19.9. The minimum absolute atomic E-state index is 0.105. The Bertz CT molecular complexity index is 1370. The van der Waals surface area contributed by atoms with Crippen molar-refractivity contribution in [2.75, 3.05) is 13.2 Å². The fourth-order valence-corrected chi connectivity index (χ4v) is 8.41. The highest BCUT2D eigenvalue weighted by molar-refractivity contribution is 5.71. The highest BCUT2D eigenvalue weighted by Gasteiger charge is 2.19. The molecular formula is C65H112O6. The summed E-state index contributed by atoms with van der Waals surface area (Å²) in [6.45, 7) is 6.49. The number of allylic oxidation sites excluding steroid dienone is 14. The molecule has 1 atom stereocenters. The van der Waals surface area contributed by atoms with Crippen molar-refractivity contribution in [3.63, 3.8) is 0 Å². The number of unbranched alkanes of at least 4 members (excludes halogenated alkanes) is 29. The third-order valence-electron chi connectivity index (χ3n) is 12.9. The zero-order valence-electron chi connectivity index (χ0n) is 46.7. The lowest BCUT2D eigenvalue weighted by Gasteiger charge is -2.18. The minimum Gasteiger partial charge on any atom is -0.462 e. The molecule has 0 bridgehead atoms. The van der Waals surface area contributed by atoms with Gasteiger partial charge in [0.1, 0.15) is 13.2 Å². The van der Waals surface area contributed by atoms with Crippen LogP contribution < -0.4 is 0 Å². The Morgan fingerprint density at radius 1 is 0.296 bits per heavy atom. The number of carbonyl (C=O) groups is 3. The van der Waals surface area contributed by atoms with E-state index in [1.807, 2.05) is 6.08 Å². The van der Waals surface area contributed by atoms with Crippen LogP contribution in [0.1, 0.15) is 290 Å². The molecule has 0 heterocycles. The first kappa shape index (κ1) is 67.6. The Balaban J connectivity index is 4.47. The fraction of sp³-hybridized carbons (Fsp3) is 0.738. The summed E-state index contributed by atoms with van der Waals surface area (Å²) in [6.07, 6.45) is 77.3. The molecule has 0 saturated carbocycles. The molecule has 6 heteroatoms. The van der Waals surface area contributed by atoms with Crippen LogP contribution in [0.15, 0.2) is 85.1 Å². The van der Waals surface area contributed by atoms with E-state index in [9.17, 15) is 14.4 Å².